The van der Waals surface area contributed by atoms with Crippen LogP contribution in [0, 0.1) is 0 Å². The second-order valence-electron chi connectivity index (χ2n) is 0.306. The average Bonchev–Trinajstić information content (AvgIpc) is 1.33. The molecule has 0 heterocycles. The van der Waals surface area contributed by atoms with Crippen LogP contribution >= 0.6 is 43.2 Å². The Balaban J connectivity index is 0. The van der Waals surface area contributed by atoms with Gasteiger partial charge in [-0.05, 0) is 21.4 Å². The third-order valence-electron chi connectivity index (χ3n) is 0. The lowest BCUT2D eigenvalue weighted by Gasteiger charge is -1.66. The topological polar surface area (TPSA) is 0 Å². The van der Waals surface area contributed by atoms with Gasteiger partial charge in [0.2, 0.25) is 0 Å². The molecule has 0 aromatic carbocycles. The lowest BCUT2D eigenvalue weighted by molar-refractivity contribution is 0.243. The van der Waals surface area contributed by atoms with Crippen molar-refractivity contribution in [2.45, 2.75) is 5.88 Å². The maximum absolute atomic E-state index is 10.1. The zero-order chi connectivity index (χ0) is 6.28. The van der Waals surface area contributed by atoms with Crippen LogP contribution in [0.2, 0.25) is 0 Å². The molecule has 46 valence electrons. The molecule has 0 atom stereocenters. The zero-order valence-corrected chi connectivity index (χ0v) is 5.96. The van der Waals surface area contributed by atoms with E-state index in [4.69, 9.17) is 0 Å². The molecule has 0 unspecified atom stereocenters. The SMILES string of the molecule is ClSCl.FC(F)Cl. The smallest absolute Gasteiger partial charge is 0.192 e. The highest BCUT2D eigenvalue weighted by Gasteiger charge is 1.83. The minimum absolute atomic E-state index is 0.694. The van der Waals surface area contributed by atoms with E-state index in [1.54, 1.807) is 0 Å². The zero-order valence-electron chi connectivity index (χ0n) is 2.88. The molecule has 0 aromatic heterocycles. The van der Waals surface area contributed by atoms with Crippen LogP contribution in [0.5, 0.6) is 0 Å². The Morgan fingerprint density at radius 3 is 1.29 bits per heavy atom. The highest BCUT2D eigenvalue weighted by Crippen LogP contribution is 2.08. The first-order chi connectivity index (χ1) is 3.15. The number of alkyl halides is 3. The van der Waals surface area contributed by atoms with Gasteiger partial charge >= 0.3 is 5.88 Å². The van der Waals surface area contributed by atoms with E-state index < -0.39 is 5.88 Å². The first kappa shape index (κ1) is 11.0. The van der Waals surface area contributed by atoms with Crippen molar-refractivity contribution < 1.29 is 8.78 Å². The second-order valence-corrected chi connectivity index (χ2v) is 2.15. The van der Waals surface area contributed by atoms with Crippen LogP contribution in [0.15, 0.2) is 0 Å². The molecule has 0 amide bonds. The van der Waals surface area contributed by atoms with Crippen molar-refractivity contribution in [2.75, 3.05) is 0 Å². The molecule has 0 aromatic rings. The summed E-state index contributed by atoms with van der Waals surface area (Å²) >= 11 is 3.94. The van der Waals surface area contributed by atoms with Crippen molar-refractivity contribution in [1.29, 1.82) is 0 Å². The minimum Gasteiger partial charge on any atom is -0.192 e. The fourth-order valence-corrected chi connectivity index (χ4v) is 0. The van der Waals surface area contributed by atoms with Gasteiger partial charge < -0.3 is 0 Å². The summed E-state index contributed by atoms with van der Waals surface area (Å²) in [6.45, 7) is 0. The van der Waals surface area contributed by atoms with Crippen molar-refractivity contribution in [2.24, 2.45) is 0 Å². The fraction of sp³-hybridized carbons (Fsp3) is 1.00. The summed E-state index contributed by atoms with van der Waals surface area (Å²) in [7, 11) is 10.1. The van der Waals surface area contributed by atoms with E-state index in [2.05, 4.69) is 33.0 Å². The number of halogens is 5. The van der Waals surface area contributed by atoms with E-state index in [1.165, 1.54) is 0 Å². The van der Waals surface area contributed by atoms with Gasteiger partial charge in [-0.15, -0.1) is 0 Å². The third-order valence-corrected chi connectivity index (χ3v) is 0. The summed E-state index contributed by atoms with van der Waals surface area (Å²) < 4.78 is 20.2. The van der Waals surface area contributed by atoms with Gasteiger partial charge in [-0.2, -0.15) is 8.78 Å². The number of hydrogen-bond donors (Lipinski definition) is 0. The summed E-state index contributed by atoms with van der Waals surface area (Å²) in [4.78, 5) is 0. The molecule has 0 aliphatic rings. The summed E-state index contributed by atoms with van der Waals surface area (Å²) in [5.74, 6) is -2.69. The van der Waals surface area contributed by atoms with Gasteiger partial charge in [-0.25, -0.2) is 0 Å². The Labute approximate surface area is 58.1 Å². The number of hydrogen-bond acceptors (Lipinski definition) is 1. The molecular weight excluding hydrogens is 188 g/mol. The van der Waals surface area contributed by atoms with Gasteiger partial charge in [0, 0.05) is 0 Å². The molecule has 0 spiro atoms. The molecule has 0 saturated carbocycles. The molecule has 0 fully saturated rings. The normalized spacial score (nSPS) is 7.71. The Morgan fingerprint density at radius 1 is 1.29 bits per heavy atom. The first-order valence-corrected chi connectivity index (χ1v) is 3.87. The Bertz CT molecular complexity index is 24.1. The van der Waals surface area contributed by atoms with E-state index in [1.807, 2.05) is 0 Å². The third kappa shape index (κ3) is 157. The van der Waals surface area contributed by atoms with Crippen LogP contribution in [0.25, 0.3) is 0 Å². The van der Waals surface area contributed by atoms with Crippen molar-refractivity contribution in [3.63, 3.8) is 0 Å². The van der Waals surface area contributed by atoms with Crippen LogP contribution in [0.3, 0.4) is 0 Å². The predicted octanol–water partition coefficient (Wildman–Crippen LogP) is 3.47. The molecule has 0 aliphatic carbocycles. The molecule has 0 rings (SSSR count). The molecule has 0 N–H and O–H groups in total. The maximum atomic E-state index is 10.1. The van der Waals surface area contributed by atoms with Crippen molar-refractivity contribution in [1.82, 2.24) is 0 Å². The van der Waals surface area contributed by atoms with E-state index in [9.17, 15) is 8.78 Å². The van der Waals surface area contributed by atoms with Crippen LogP contribution in [-0.4, -0.2) is 5.88 Å². The lowest BCUT2D eigenvalue weighted by atomic mass is 11.7. The van der Waals surface area contributed by atoms with E-state index in [0.717, 1.165) is 0 Å². The Morgan fingerprint density at radius 2 is 1.29 bits per heavy atom. The largest absolute Gasteiger partial charge is 0.312 e. The average molecular weight is 189 g/mol. The lowest BCUT2D eigenvalue weighted by Crippen LogP contribution is -1.62. The summed E-state index contributed by atoms with van der Waals surface area (Å²) in [6, 6.07) is 0. The van der Waals surface area contributed by atoms with E-state index >= 15 is 0 Å². The van der Waals surface area contributed by atoms with Crippen LogP contribution < -0.4 is 0 Å². The van der Waals surface area contributed by atoms with Gasteiger partial charge in [0.25, 0.3) is 0 Å². The highest BCUT2D eigenvalue weighted by molar-refractivity contribution is 8.38. The Kier molecular flexibility index (Phi) is 15.9. The van der Waals surface area contributed by atoms with Gasteiger partial charge in [0.1, 0.15) is 0 Å². The van der Waals surface area contributed by atoms with Crippen molar-refractivity contribution >= 4 is 43.2 Å². The van der Waals surface area contributed by atoms with Crippen LogP contribution in [-0.2, 0) is 0 Å². The van der Waals surface area contributed by atoms with Gasteiger partial charge in [-0.1, -0.05) is 11.6 Å². The number of rotatable bonds is 0. The van der Waals surface area contributed by atoms with Gasteiger partial charge in [0.05, 0.1) is 10.2 Å². The molecule has 0 bridgehead atoms. The van der Waals surface area contributed by atoms with Gasteiger partial charge in [-0.3, -0.25) is 0 Å². The van der Waals surface area contributed by atoms with E-state index in [-0.39, 0.29) is 0 Å². The Hall–Kier alpha value is 1.08. The van der Waals surface area contributed by atoms with Crippen molar-refractivity contribution in [3.8, 4) is 0 Å². The van der Waals surface area contributed by atoms with E-state index in [0.29, 0.717) is 10.2 Å². The second kappa shape index (κ2) is 10.1. The maximum Gasteiger partial charge on any atom is 0.312 e. The summed E-state index contributed by atoms with van der Waals surface area (Å²) in [5.41, 5.74) is 0. The first-order valence-electron chi connectivity index (χ1n) is 0.963. The molecule has 6 heteroatoms. The predicted molar refractivity (Wildman–Crippen MR) is 31.2 cm³/mol. The van der Waals surface area contributed by atoms with Crippen LogP contribution in [0.1, 0.15) is 0 Å². The molecule has 0 radical (unpaired) electrons. The molecule has 0 saturated heterocycles. The highest BCUT2D eigenvalue weighted by atomic mass is 36.0. The molecule has 0 aliphatic heterocycles. The summed E-state index contributed by atoms with van der Waals surface area (Å²) in [6.07, 6.45) is 0. The standard InChI is InChI=1S/CHClF2.Cl2S/c2-1(3)4;1-3-2/h1H;. The molecule has 0 nitrogen and oxygen atoms in total. The minimum atomic E-state index is -2.69. The van der Waals surface area contributed by atoms with Gasteiger partial charge in [0.15, 0.2) is 0 Å². The quantitative estimate of drug-likeness (QED) is 0.526. The monoisotopic (exact) mass is 188 g/mol. The fourth-order valence-electron chi connectivity index (χ4n) is 0. The molecular formula is CHCl3F2S. The van der Waals surface area contributed by atoms with Crippen molar-refractivity contribution in [3.05, 3.63) is 0 Å². The van der Waals surface area contributed by atoms with Crippen LogP contribution in [0.4, 0.5) is 8.78 Å². The summed E-state index contributed by atoms with van der Waals surface area (Å²) in [5, 5.41) is 0. The molecule has 7 heavy (non-hydrogen) atoms.